The maximum atomic E-state index is 12.8. The first-order chi connectivity index (χ1) is 7.93. The molecule has 2 rings (SSSR count). The van der Waals surface area contributed by atoms with E-state index in [2.05, 4.69) is 36.8 Å². The van der Waals surface area contributed by atoms with Crippen LogP contribution in [0.3, 0.4) is 0 Å². The van der Waals surface area contributed by atoms with Gasteiger partial charge in [0.15, 0.2) is 0 Å². The Hall–Kier alpha value is -0.620. The quantitative estimate of drug-likeness (QED) is 0.651. The third-order valence-electron chi connectivity index (χ3n) is 2.28. The molecule has 0 atom stereocenters. The highest BCUT2D eigenvalue weighted by molar-refractivity contribution is 9.10. The zero-order chi connectivity index (χ0) is 12.6. The molecule has 1 heterocycles. The van der Waals surface area contributed by atoms with E-state index >= 15 is 0 Å². The van der Waals surface area contributed by atoms with Gasteiger partial charge in [-0.25, -0.2) is 0 Å². The summed E-state index contributed by atoms with van der Waals surface area (Å²) in [6.07, 6.45) is -4.38. The van der Waals surface area contributed by atoms with Crippen molar-refractivity contribution in [3.63, 3.8) is 0 Å². The number of aromatic nitrogens is 1. The minimum Gasteiger partial charge on any atom is -0.252 e. The number of alkyl halides is 4. The van der Waals surface area contributed by atoms with Crippen LogP contribution in [0.2, 0.25) is 0 Å². The Labute approximate surface area is 112 Å². The largest absolute Gasteiger partial charge is 0.417 e. The van der Waals surface area contributed by atoms with Crippen LogP contribution in [0.5, 0.6) is 0 Å². The first kappa shape index (κ1) is 12.8. The average molecular weight is 369 g/mol. The van der Waals surface area contributed by atoms with E-state index in [1.165, 1.54) is 6.07 Å². The van der Waals surface area contributed by atoms with Gasteiger partial charge in [0.05, 0.1) is 16.8 Å². The molecule has 0 saturated heterocycles. The Morgan fingerprint density at radius 2 is 1.94 bits per heavy atom. The molecular weight excluding hydrogens is 363 g/mol. The summed E-state index contributed by atoms with van der Waals surface area (Å²) in [6.45, 7) is 0. The number of halogens is 5. The van der Waals surface area contributed by atoms with Crippen LogP contribution in [0.15, 0.2) is 28.7 Å². The zero-order valence-electron chi connectivity index (χ0n) is 8.35. The lowest BCUT2D eigenvalue weighted by molar-refractivity contribution is -0.136. The van der Waals surface area contributed by atoms with Gasteiger partial charge in [-0.3, -0.25) is 4.98 Å². The Morgan fingerprint density at radius 3 is 2.53 bits per heavy atom. The number of hydrogen-bond acceptors (Lipinski definition) is 1. The van der Waals surface area contributed by atoms with Crippen LogP contribution >= 0.6 is 31.9 Å². The standard InChI is InChI=1S/C11H6Br2F3N/c12-5-6-4-8(13)10-7(11(14,15)16)2-1-3-9(10)17-6/h1-4H,5H2. The summed E-state index contributed by atoms with van der Waals surface area (Å²) >= 11 is 6.40. The molecule has 0 amide bonds. The molecule has 6 heteroatoms. The summed E-state index contributed by atoms with van der Waals surface area (Å²) in [6, 6.07) is 5.58. The number of pyridine rings is 1. The predicted molar refractivity (Wildman–Crippen MR) is 67.1 cm³/mol. The van der Waals surface area contributed by atoms with E-state index in [1.807, 2.05) is 0 Å². The Kier molecular flexibility index (Phi) is 3.45. The average Bonchev–Trinajstić information content (AvgIpc) is 2.26. The number of nitrogens with zero attached hydrogens (tertiary/aromatic N) is 1. The fraction of sp³-hybridized carbons (Fsp3) is 0.182. The first-order valence-electron chi connectivity index (χ1n) is 4.65. The normalized spacial score (nSPS) is 12.1. The van der Waals surface area contributed by atoms with Crippen molar-refractivity contribution in [1.29, 1.82) is 0 Å². The van der Waals surface area contributed by atoms with Crippen LogP contribution in [0.25, 0.3) is 10.9 Å². The van der Waals surface area contributed by atoms with E-state index in [1.54, 1.807) is 12.1 Å². The molecule has 1 nitrogen and oxygen atoms in total. The van der Waals surface area contributed by atoms with E-state index in [9.17, 15) is 13.2 Å². The molecule has 0 aliphatic carbocycles. The van der Waals surface area contributed by atoms with E-state index in [0.29, 0.717) is 21.0 Å². The van der Waals surface area contributed by atoms with Crippen molar-refractivity contribution in [2.75, 3.05) is 0 Å². The molecule has 1 aromatic carbocycles. The predicted octanol–water partition coefficient (Wildman–Crippen LogP) is 4.91. The van der Waals surface area contributed by atoms with Crippen LogP contribution < -0.4 is 0 Å². The van der Waals surface area contributed by atoms with E-state index in [-0.39, 0.29) is 5.39 Å². The van der Waals surface area contributed by atoms with E-state index < -0.39 is 11.7 Å². The number of fused-ring (bicyclic) bond motifs is 1. The maximum Gasteiger partial charge on any atom is 0.417 e. The highest BCUT2D eigenvalue weighted by Crippen LogP contribution is 2.37. The van der Waals surface area contributed by atoms with Crippen molar-refractivity contribution in [3.8, 4) is 0 Å². The minimum absolute atomic E-state index is 0.102. The van der Waals surface area contributed by atoms with Crippen LogP contribution in [0, 0.1) is 0 Å². The molecular formula is C11H6Br2F3N. The molecule has 0 aliphatic heterocycles. The van der Waals surface area contributed by atoms with Crippen molar-refractivity contribution in [1.82, 2.24) is 4.98 Å². The van der Waals surface area contributed by atoms with Crippen molar-refractivity contribution >= 4 is 42.8 Å². The second kappa shape index (κ2) is 4.57. The lowest BCUT2D eigenvalue weighted by Gasteiger charge is -2.12. The molecule has 0 spiro atoms. The van der Waals surface area contributed by atoms with Crippen molar-refractivity contribution in [3.05, 3.63) is 40.0 Å². The summed E-state index contributed by atoms with van der Waals surface area (Å²) in [5, 5.41) is 0.599. The molecule has 0 saturated carbocycles. The Balaban J connectivity index is 2.81. The molecule has 0 aliphatic rings. The van der Waals surface area contributed by atoms with Crippen molar-refractivity contribution in [2.45, 2.75) is 11.5 Å². The molecule has 17 heavy (non-hydrogen) atoms. The zero-order valence-corrected chi connectivity index (χ0v) is 11.5. The molecule has 0 radical (unpaired) electrons. The minimum atomic E-state index is -4.38. The van der Waals surface area contributed by atoms with Gasteiger partial charge in [0.25, 0.3) is 0 Å². The fourth-order valence-corrected chi connectivity index (χ4v) is 2.56. The highest BCUT2D eigenvalue weighted by atomic mass is 79.9. The van der Waals surface area contributed by atoms with Gasteiger partial charge in [-0.1, -0.05) is 37.9 Å². The summed E-state index contributed by atoms with van der Waals surface area (Å²) in [5.74, 6) is 0. The lowest BCUT2D eigenvalue weighted by atomic mass is 10.1. The maximum absolute atomic E-state index is 12.8. The van der Waals surface area contributed by atoms with Gasteiger partial charge in [0, 0.05) is 15.2 Å². The summed E-state index contributed by atoms with van der Waals surface area (Å²) in [7, 11) is 0. The first-order valence-corrected chi connectivity index (χ1v) is 6.56. The van der Waals surface area contributed by atoms with E-state index in [4.69, 9.17) is 0 Å². The molecule has 0 fully saturated rings. The van der Waals surface area contributed by atoms with Crippen molar-refractivity contribution < 1.29 is 13.2 Å². The number of benzene rings is 1. The SMILES string of the molecule is FC(F)(F)c1cccc2nc(CBr)cc(Br)c12. The van der Waals surface area contributed by atoms with Gasteiger partial charge < -0.3 is 0 Å². The van der Waals surface area contributed by atoms with Crippen molar-refractivity contribution in [2.24, 2.45) is 0 Å². The van der Waals surface area contributed by atoms with Gasteiger partial charge >= 0.3 is 6.18 Å². The monoisotopic (exact) mass is 367 g/mol. The van der Waals surface area contributed by atoms with E-state index in [0.717, 1.165) is 6.07 Å². The summed E-state index contributed by atoms with van der Waals surface area (Å²) in [4.78, 5) is 4.15. The highest BCUT2D eigenvalue weighted by Gasteiger charge is 2.33. The second-order valence-corrected chi connectivity index (χ2v) is 4.84. The molecule has 0 bridgehead atoms. The fourth-order valence-electron chi connectivity index (χ4n) is 1.59. The van der Waals surface area contributed by atoms with Gasteiger partial charge in [0.2, 0.25) is 0 Å². The molecule has 90 valence electrons. The number of rotatable bonds is 1. The third-order valence-corrected chi connectivity index (χ3v) is 3.48. The Bertz CT molecular complexity index is 566. The molecule has 1 aromatic heterocycles. The summed E-state index contributed by atoms with van der Waals surface area (Å²) < 4.78 is 38.9. The Morgan fingerprint density at radius 1 is 1.24 bits per heavy atom. The lowest BCUT2D eigenvalue weighted by Crippen LogP contribution is -2.06. The van der Waals surface area contributed by atoms with Gasteiger partial charge in [-0.05, 0) is 18.2 Å². The molecule has 2 aromatic rings. The topological polar surface area (TPSA) is 12.9 Å². The second-order valence-electron chi connectivity index (χ2n) is 3.43. The van der Waals surface area contributed by atoms with Crippen LogP contribution in [-0.2, 0) is 11.5 Å². The third kappa shape index (κ3) is 2.47. The van der Waals surface area contributed by atoms with Crippen LogP contribution in [0.4, 0.5) is 13.2 Å². The van der Waals surface area contributed by atoms with Gasteiger partial charge in [-0.15, -0.1) is 0 Å². The van der Waals surface area contributed by atoms with Gasteiger partial charge in [0.1, 0.15) is 0 Å². The number of hydrogen-bond donors (Lipinski definition) is 0. The van der Waals surface area contributed by atoms with Crippen LogP contribution in [0.1, 0.15) is 11.3 Å². The smallest absolute Gasteiger partial charge is 0.252 e. The van der Waals surface area contributed by atoms with Crippen LogP contribution in [-0.4, -0.2) is 4.98 Å². The van der Waals surface area contributed by atoms with Gasteiger partial charge in [-0.2, -0.15) is 13.2 Å². The summed E-state index contributed by atoms with van der Waals surface area (Å²) in [5.41, 5.74) is 0.350. The molecule has 0 unspecified atom stereocenters. The molecule has 0 N–H and O–H groups in total.